The summed E-state index contributed by atoms with van der Waals surface area (Å²) in [5.74, 6) is -0.925. The van der Waals surface area contributed by atoms with E-state index in [9.17, 15) is 4.79 Å². The Morgan fingerprint density at radius 1 is 1.62 bits per heavy atom. The van der Waals surface area contributed by atoms with Crippen molar-refractivity contribution in [2.24, 2.45) is 5.73 Å². The highest BCUT2D eigenvalue weighted by molar-refractivity contribution is 6.34. The third-order valence-corrected chi connectivity index (χ3v) is 2.64. The van der Waals surface area contributed by atoms with Gasteiger partial charge in [-0.25, -0.2) is 0 Å². The number of hydrogen-bond donors (Lipinski definition) is 3. The molecule has 0 bridgehead atoms. The van der Waals surface area contributed by atoms with Gasteiger partial charge in [0.1, 0.15) is 5.15 Å². The second-order valence-corrected chi connectivity index (χ2v) is 3.90. The molecule has 0 fully saturated rings. The van der Waals surface area contributed by atoms with Gasteiger partial charge in [0.2, 0.25) is 0 Å². The zero-order valence-corrected chi connectivity index (χ0v) is 9.03. The first kappa shape index (κ1) is 10.9. The fourth-order valence-electron chi connectivity index (χ4n) is 1.53. The van der Waals surface area contributed by atoms with Gasteiger partial charge >= 0.3 is 5.97 Å². The van der Waals surface area contributed by atoms with Crippen LogP contribution in [0.5, 0.6) is 0 Å². The van der Waals surface area contributed by atoms with Crippen molar-refractivity contribution in [3.8, 4) is 0 Å². The lowest BCUT2D eigenvalue weighted by Crippen LogP contribution is -2.14. The van der Waals surface area contributed by atoms with Crippen molar-refractivity contribution in [1.82, 2.24) is 10.2 Å². The maximum Gasteiger partial charge on any atom is 0.305 e. The quantitative estimate of drug-likeness (QED) is 0.760. The third kappa shape index (κ3) is 2.00. The van der Waals surface area contributed by atoms with Gasteiger partial charge in [-0.2, -0.15) is 5.10 Å². The molecule has 1 unspecified atom stereocenters. The number of aromatic amines is 1. The first-order valence-corrected chi connectivity index (χ1v) is 5.06. The summed E-state index contributed by atoms with van der Waals surface area (Å²) in [7, 11) is 0. The van der Waals surface area contributed by atoms with E-state index in [1.165, 1.54) is 0 Å². The summed E-state index contributed by atoms with van der Waals surface area (Å²) in [5.41, 5.74) is 7.22. The van der Waals surface area contributed by atoms with E-state index in [1.807, 2.05) is 0 Å². The molecular weight excluding hydrogens is 230 g/mol. The highest BCUT2D eigenvalue weighted by atomic mass is 35.5. The molecule has 2 aromatic rings. The molecule has 0 saturated carbocycles. The van der Waals surface area contributed by atoms with E-state index in [2.05, 4.69) is 10.2 Å². The number of fused-ring (bicyclic) bond motifs is 1. The predicted molar refractivity (Wildman–Crippen MR) is 60.3 cm³/mol. The minimum Gasteiger partial charge on any atom is -0.481 e. The molecule has 1 heterocycles. The minimum absolute atomic E-state index is 0.110. The van der Waals surface area contributed by atoms with Crippen molar-refractivity contribution >= 4 is 28.5 Å². The fourth-order valence-corrected chi connectivity index (χ4v) is 1.73. The summed E-state index contributed by atoms with van der Waals surface area (Å²) in [6, 6.07) is 4.74. The van der Waals surface area contributed by atoms with Crippen molar-refractivity contribution in [3.63, 3.8) is 0 Å². The maximum absolute atomic E-state index is 10.5. The van der Waals surface area contributed by atoms with Crippen LogP contribution in [0.4, 0.5) is 0 Å². The number of aliphatic carboxylic acids is 1. The number of nitrogens with one attached hydrogen (secondary N) is 1. The molecule has 1 aromatic carbocycles. The normalized spacial score (nSPS) is 12.9. The van der Waals surface area contributed by atoms with Crippen molar-refractivity contribution in [2.75, 3.05) is 0 Å². The molecule has 4 N–H and O–H groups in total. The molecule has 0 saturated heterocycles. The van der Waals surface area contributed by atoms with Crippen LogP contribution in [-0.2, 0) is 4.79 Å². The minimum atomic E-state index is -0.925. The standard InChI is InChI=1S/C10H10ClN3O2/c11-10-6-3-5(7(12)4-9(15)16)1-2-8(6)13-14-10/h1-3,7H,4,12H2,(H,13,14)(H,15,16). The fraction of sp³-hybridized carbons (Fsp3) is 0.200. The summed E-state index contributed by atoms with van der Waals surface area (Å²) >= 11 is 5.88. The van der Waals surface area contributed by atoms with Crippen LogP contribution in [0.3, 0.4) is 0 Å². The lowest BCUT2D eigenvalue weighted by Gasteiger charge is -2.08. The Labute approximate surface area is 96.2 Å². The van der Waals surface area contributed by atoms with Crippen molar-refractivity contribution in [1.29, 1.82) is 0 Å². The van der Waals surface area contributed by atoms with E-state index in [4.69, 9.17) is 22.4 Å². The molecule has 5 nitrogen and oxygen atoms in total. The monoisotopic (exact) mass is 239 g/mol. The molecule has 0 aliphatic heterocycles. The van der Waals surface area contributed by atoms with Crippen molar-refractivity contribution in [2.45, 2.75) is 12.5 Å². The van der Waals surface area contributed by atoms with Gasteiger partial charge in [0.15, 0.2) is 0 Å². The van der Waals surface area contributed by atoms with Crippen LogP contribution >= 0.6 is 11.6 Å². The number of H-pyrrole nitrogens is 1. The number of carboxylic acids is 1. The third-order valence-electron chi connectivity index (χ3n) is 2.35. The highest BCUT2D eigenvalue weighted by Crippen LogP contribution is 2.24. The van der Waals surface area contributed by atoms with Gasteiger partial charge < -0.3 is 10.8 Å². The van der Waals surface area contributed by atoms with Crippen LogP contribution in [0.2, 0.25) is 5.15 Å². The van der Waals surface area contributed by atoms with Crippen LogP contribution in [0, 0.1) is 0 Å². The second kappa shape index (κ2) is 4.11. The van der Waals surface area contributed by atoms with Gasteiger partial charge in [0, 0.05) is 11.4 Å². The number of nitrogens with two attached hydrogens (primary N) is 1. The zero-order chi connectivity index (χ0) is 11.7. The van der Waals surface area contributed by atoms with E-state index < -0.39 is 12.0 Å². The Morgan fingerprint density at radius 3 is 3.06 bits per heavy atom. The smallest absolute Gasteiger partial charge is 0.305 e. The predicted octanol–water partition coefficient (Wildman–Crippen LogP) is 1.69. The number of hydrogen-bond acceptors (Lipinski definition) is 3. The van der Waals surface area contributed by atoms with Crippen LogP contribution in [-0.4, -0.2) is 21.3 Å². The molecule has 84 valence electrons. The van der Waals surface area contributed by atoms with Gasteiger partial charge in [0.25, 0.3) is 0 Å². The van der Waals surface area contributed by atoms with E-state index in [0.717, 1.165) is 16.5 Å². The van der Waals surface area contributed by atoms with Crippen LogP contribution in [0.1, 0.15) is 18.0 Å². The number of halogens is 1. The topological polar surface area (TPSA) is 92.0 Å². The lowest BCUT2D eigenvalue weighted by molar-refractivity contribution is -0.137. The molecule has 0 aliphatic rings. The van der Waals surface area contributed by atoms with Crippen LogP contribution in [0.15, 0.2) is 18.2 Å². The summed E-state index contributed by atoms with van der Waals surface area (Å²) in [4.78, 5) is 10.5. The number of nitrogens with zero attached hydrogens (tertiary/aromatic N) is 1. The van der Waals surface area contributed by atoms with E-state index >= 15 is 0 Å². The first-order chi connectivity index (χ1) is 7.58. The highest BCUT2D eigenvalue weighted by Gasteiger charge is 2.12. The molecule has 1 atom stereocenters. The van der Waals surface area contributed by atoms with Gasteiger partial charge in [0.05, 0.1) is 11.9 Å². The average Bonchev–Trinajstić information content (AvgIpc) is 2.59. The van der Waals surface area contributed by atoms with Gasteiger partial charge in [-0.05, 0) is 17.7 Å². The van der Waals surface area contributed by atoms with Gasteiger partial charge in [-0.3, -0.25) is 9.89 Å². The molecule has 16 heavy (non-hydrogen) atoms. The van der Waals surface area contributed by atoms with Crippen molar-refractivity contribution in [3.05, 3.63) is 28.9 Å². The number of carbonyl (C=O) groups is 1. The summed E-state index contributed by atoms with van der Waals surface area (Å²) in [5, 5.41) is 16.4. The Bertz CT molecular complexity index is 538. The van der Waals surface area contributed by atoms with E-state index in [0.29, 0.717) is 5.15 Å². The Hall–Kier alpha value is -1.59. The van der Waals surface area contributed by atoms with Crippen LogP contribution < -0.4 is 5.73 Å². The van der Waals surface area contributed by atoms with E-state index in [-0.39, 0.29) is 6.42 Å². The zero-order valence-electron chi connectivity index (χ0n) is 8.27. The molecule has 0 spiro atoms. The second-order valence-electron chi connectivity index (χ2n) is 3.52. The number of carboxylic acid groups (broad SMARTS) is 1. The van der Waals surface area contributed by atoms with Gasteiger partial charge in [-0.15, -0.1) is 0 Å². The SMILES string of the molecule is NC(CC(=O)O)c1ccc2n[nH]c(Cl)c2c1. The van der Waals surface area contributed by atoms with Crippen molar-refractivity contribution < 1.29 is 9.90 Å². The summed E-state index contributed by atoms with van der Waals surface area (Å²) in [6.45, 7) is 0. The Morgan fingerprint density at radius 2 is 2.38 bits per heavy atom. The maximum atomic E-state index is 10.5. The molecular formula is C10H10ClN3O2. The molecule has 1 aromatic heterocycles. The van der Waals surface area contributed by atoms with E-state index in [1.54, 1.807) is 18.2 Å². The summed E-state index contributed by atoms with van der Waals surface area (Å²) in [6.07, 6.45) is -0.110. The molecule has 0 aliphatic carbocycles. The Kier molecular flexibility index (Phi) is 2.80. The number of aromatic nitrogens is 2. The number of benzene rings is 1. The molecule has 0 radical (unpaired) electrons. The largest absolute Gasteiger partial charge is 0.481 e. The molecule has 2 rings (SSSR count). The van der Waals surface area contributed by atoms with Gasteiger partial charge in [-0.1, -0.05) is 17.7 Å². The first-order valence-electron chi connectivity index (χ1n) is 4.69. The molecule has 6 heteroatoms. The van der Waals surface area contributed by atoms with Crippen LogP contribution in [0.25, 0.3) is 10.9 Å². The summed E-state index contributed by atoms with van der Waals surface area (Å²) < 4.78 is 0. The number of rotatable bonds is 3. The average molecular weight is 240 g/mol. The molecule has 0 amide bonds. The Balaban J connectivity index is 2.38. The lowest BCUT2D eigenvalue weighted by atomic mass is 10.0.